The second-order valence-electron chi connectivity index (χ2n) is 3.70. The summed E-state index contributed by atoms with van der Waals surface area (Å²) in [5, 5.41) is 2.76. The molecule has 0 bridgehead atoms. The van der Waals surface area contributed by atoms with Gasteiger partial charge in [-0.25, -0.2) is 9.78 Å². The van der Waals surface area contributed by atoms with Gasteiger partial charge in [0.2, 0.25) is 11.9 Å². The van der Waals surface area contributed by atoms with Gasteiger partial charge in [0.05, 0.1) is 10.7 Å². The number of anilines is 2. The Labute approximate surface area is 118 Å². The number of rotatable bonds is 4. The molecule has 0 aromatic carbocycles. The van der Waals surface area contributed by atoms with Crippen LogP contribution >= 0.6 is 11.3 Å². The number of thiazole rings is 1. The van der Waals surface area contributed by atoms with E-state index in [2.05, 4.69) is 19.9 Å². The second-order valence-corrected chi connectivity index (χ2v) is 4.76. The molecule has 4 N–H and O–H groups in total. The lowest BCUT2D eigenvalue weighted by molar-refractivity contribution is -0.139. The Bertz CT molecular complexity index is 634. The Morgan fingerprint density at radius 3 is 2.60 bits per heavy atom. The molecule has 8 nitrogen and oxygen atoms in total. The van der Waals surface area contributed by atoms with Crippen LogP contribution < -0.4 is 11.5 Å². The molecule has 0 amide bonds. The molecule has 0 fully saturated rings. The number of nitrogens with two attached hydrogens (primary N) is 2. The number of nitrogens with zero attached hydrogens (tertiary/aromatic N) is 4. The zero-order valence-corrected chi connectivity index (χ0v) is 11.4. The Hall–Kier alpha value is -2.55. The third kappa shape index (κ3) is 3.99. The first kappa shape index (κ1) is 13.9. The molecule has 0 atom stereocenters. The topological polar surface area (TPSA) is 130 Å². The van der Waals surface area contributed by atoms with Gasteiger partial charge in [0.25, 0.3) is 0 Å². The Morgan fingerprint density at radius 2 is 2.00 bits per heavy atom. The first-order valence-electron chi connectivity index (χ1n) is 5.56. The monoisotopic (exact) mass is 292 g/mol. The molecule has 0 saturated heterocycles. The second kappa shape index (κ2) is 6.06. The molecule has 0 aliphatic carbocycles. The van der Waals surface area contributed by atoms with Crippen LogP contribution in [0.5, 0.6) is 0 Å². The quantitative estimate of drug-likeness (QED) is 0.617. The van der Waals surface area contributed by atoms with E-state index in [1.54, 1.807) is 6.08 Å². The number of nitrogen functional groups attached to an aromatic ring is 2. The van der Waals surface area contributed by atoms with E-state index in [9.17, 15) is 4.79 Å². The Kier molecular flexibility index (Phi) is 4.20. The van der Waals surface area contributed by atoms with Crippen LogP contribution in [0.1, 0.15) is 16.5 Å². The van der Waals surface area contributed by atoms with Crippen molar-refractivity contribution in [3.63, 3.8) is 0 Å². The largest absolute Gasteiger partial charge is 0.454 e. The van der Waals surface area contributed by atoms with Gasteiger partial charge in [0.15, 0.2) is 12.4 Å². The minimum Gasteiger partial charge on any atom is -0.454 e. The van der Waals surface area contributed by atoms with Crippen LogP contribution in [0.4, 0.5) is 11.9 Å². The summed E-state index contributed by atoms with van der Waals surface area (Å²) in [6.45, 7) is 1.76. The van der Waals surface area contributed by atoms with E-state index in [1.165, 1.54) is 17.4 Å². The number of esters is 1. The van der Waals surface area contributed by atoms with Crippen molar-refractivity contribution < 1.29 is 9.53 Å². The molecule has 2 rings (SSSR count). The highest BCUT2D eigenvalue weighted by molar-refractivity contribution is 7.09. The average molecular weight is 292 g/mol. The minimum absolute atomic E-state index is 0.0166. The highest BCUT2D eigenvalue weighted by atomic mass is 32.1. The van der Waals surface area contributed by atoms with Gasteiger partial charge in [0, 0.05) is 11.5 Å². The number of ether oxygens (including phenoxy) is 1. The van der Waals surface area contributed by atoms with E-state index in [4.69, 9.17) is 16.2 Å². The molecule has 0 unspecified atom stereocenters. The summed E-state index contributed by atoms with van der Waals surface area (Å²) in [5.74, 6) is -0.372. The first-order valence-corrected chi connectivity index (χ1v) is 6.44. The predicted molar refractivity (Wildman–Crippen MR) is 74.3 cm³/mol. The fourth-order valence-corrected chi connectivity index (χ4v) is 1.90. The fraction of sp³-hybridized carbons (Fsp3) is 0.182. The fourth-order valence-electron chi connectivity index (χ4n) is 1.32. The number of hydrogen-bond donors (Lipinski definition) is 2. The summed E-state index contributed by atoms with van der Waals surface area (Å²) >= 11 is 1.50. The lowest BCUT2D eigenvalue weighted by Crippen LogP contribution is -2.09. The van der Waals surface area contributed by atoms with E-state index in [0.717, 1.165) is 5.01 Å². The summed E-state index contributed by atoms with van der Waals surface area (Å²) < 4.78 is 4.95. The van der Waals surface area contributed by atoms with Crippen molar-refractivity contribution in [1.29, 1.82) is 0 Å². The zero-order chi connectivity index (χ0) is 14.5. The molecule has 0 aliphatic heterocycles. The van der Waals surface area contributed by atoms with Crippen LogP contribution in [0.25, 0.3) is 6.08 Å². The zero-order valence-electron chi connectivity index (χ0n) is 10.6. The Morgan fingerprint density at radius 1 is 1.30 bits per heavy atom. The van der Waals surface area contributed by atoms with Crippen LogP contribution in [-0.2, 0) is 16.1 Å². The molecule has 104 valence electrons. The molecule has 9 heteroatoms. The predicted octanol–water partition coefficient (Wildman–Crippen LogP) is 0.558. The Balaban J connectivity index is 1.90. The van der Waals surface area contributed by atoms with Crippen molar-refractivity contribution in [3.05, 3.63) is 28.0 Å². The van der Waals surface area contributed by atoms with Gasteiger partial charge in [-0.05, 0) is 13.0 Å². The normalized spacial score (nSPS) is 10.8. The summed E-state index contributed by atoms with van der Waals surface area (Å²) in [7, 11) is 0. The smallest absolute Gasteiger partial charge is 0.331 e. The summed E-state index contributed by atoms with van der Waals surface area (Å²) in [4.78, 5) is 26.9. The molecular formula is C11H12N6O2S. The van der Waals surface area contributed by atoms with Gasteiger partial charge in [-0.1, -0.05) is 0 Å². The third-order valence-electron chi connectivity index (χ3n) is 2.09. The maximum atomic E-state index is 11.5. The van der Waals surface area contributed by atoms with Crippen LogP contribution in [0.2, 0.25) is 0 Å². The lowest BCUT2D eigenvalue weighted by atomic mass is 10.4. The van der Waals surface area contributed by atoms with E-state index in [0.29, 0.717) is 5.69 Å². The number of carbonyl (C=O) groups excluding carboxylic acids is 1. The van der Waals surface area contributed by atoms with E-state index >= 15 is 0 Å². The SMILES string of the molecule is Cc1nc(/C=C/C(=O)OCc2nc(N)nc(N)n2)cs1. The number of aryl methyl sites for hydroxylation is 1. The van der Waals surface area contributed by atoms with Crippen LogP contribution in [0.3, 0.4) is 0 Å². The van der Waals surface area contributed by atoms with Crippen LogP contribution in [0, 0.1) is 6.92 Å². The van der Waals surface area contributed by atoms with Gasteiger partial charge < -0.3 is 16.2 Å². The van der Waals surface area contributed by atoms with Crippen molar-refractivity contribution >= 4 is 35.3 Å². The first-order chi connectivity index (χ1) is 9.52. The van der Waals surface area contributed by atoms with Crippen molar-refractivity contribution in [2.45, 2.75) is 13.5 Å². The number of aromatic nitrogens is 4. The maximum Gasteiger partial charge on any atom is 0.331 e. The highest BCUT2D eigenvalue weighted by Crippen LogP contribution is 2.09. The van der Waals surface area contributed by atoms with Crippen LogP contribution in [0.15, 0.2) is 11.5 Å². The van der Waals surface area contributed by atoms with Crippen molar-refractivity contribution in [2.24, 2.45) is 0 Å². The molecule has 0 radical (unpaired) electrons. The van der Waals surface area contributed by atoms with Gasteiger partial charge in [0.1, 0.15) is 0 Å². The lowest BCUT2D eigenvalue weighted by Gasteiger charge is -2.02. The van der Waals surface area contributed by atoms with E-state index < -0.39 is 5.97 Å². The number of hydrogen-bond acceptors (Lipinski definition) is 9. The molecule has 2 heterocycles. The molecule has 2 aromatic heterocycles. The molecular weight excluding hydrogens is 280 g/mol. The summed E-state index contributed by atoms with van der Waals surface area (Å²) in [5.41, 5.74) is 11.5. The van der Waals surface area contributed by atoms with Gasteiger partial charge >= 0.3 is 5.97 Å². The summed E-state index contributed by atoms with van der Waals surface area (Å²) in [6.07, 6.45) is 2.85. The number of carbonyl (C=O) groups is 1. The van der Waals surface area contributed by atoms with Gasteiger partial charge in [-0.3, -0.25) is 0 Å². The van der Waals surface area contributed by atoms with Gasteiger partial charge in [-0.2, -0.15) is 15.0 Å². The third-order valence-corrected chi connectivity index (χ3v) is 2.88. The van der Waals surface area contributed by atoms with Gasteiger partial charge in [-0.15, -0.1) is 11.3 Å². The molecule has 2 aromatic rings. The highest BCUT2D eigenvalue weighted by Gasteiger charge is 2.05. The van der Waals surface area contributed by atoms with E-state index in [1.807, 2.05) is 12.3 Å². The minimum atomic E-state index is -0.534. The van der Waals surface area contributed by atoms with Crippen molar-refractivity contribution in [2.75, 3.05) is 11.5 Å². The van der Waals surface area contributed by atoms with Crippen LogP contribution in [-0.4, -0.2) is 25.9 Å². The molecule has 20 heavy (non-hydrogen) atoms. The maximum absolute atomic E-state index is 11.5. The van der Waals surface area contributed by atoms with Crippen molar-refractivity contribution in [1.82, 2.24) is 19.9 Å². The molecule has 0 spiro atoms. The molecule has 0 saturated carbocycles. The van der Waals surface area contributed by atoms with E-state index in [-0.39, 0.29) is 24.3 Å². The average Bonchev–Trinajstić information content (AvgIpc) is 2.79. The molecule has 0 aliphatic rings. The van der Waals surface area contributed by atoms with Crippen molar-refractivity contribution in [3.8, 4) is 0 Å². The standard InChI is InChI=1S/C11H12N6O2S/c1-6-14-7(5-20-6)2-3-9(18)19-4-8-15-10(12)17-11(13)16-8/h2-3,5H,4H2,1H3,(H4,12,13,15,16,17)/b3-2+. The summed E-state index contributed by atoms with van der Waals surface area (Å²) in [6, 6.07) is 0.